The van der Waals surface area contributed by atoms with Crippen molar-refractivity contribution < 1.29 is 0 Å². The molecule has 0 saturated heterocycles. The zero-order valence-electron chi connectivity index (χ0n) is 44.3. The van der Waals surface area contributed by atoms with E-state index in [2.05, 4.69) is 299 Å². The Morgan fingerprint density at radius 1 is 0.222 bits per heavy atom. The number of fused-ring (bicyclic) bond motifs is 3. The minimum absolute atomic E-state index is 0.705. The minimum atomic E-state index is 0.705. The maximum absolute atomic E-state index is 5.08. The summed E-state index contributed by atoms with van der Waals surface area (Å²) in [4.78, 5) is 14.7. The Labute approximate surface area is 472 Å². The molecule has 5 heteroatoms. The second kappa shape index (κ2) is 21.5. The first-order valence-corrected chi connectivity index (χ1v) is 27.5. The van der Waals surface area contributed by atoms with Crippen LogP contribution in [0.4, 0.5) is 34.1 Å². The van der Waals surface area contributed by atoms with Crippen molar-refractivity contribution in [2.75, 3.05) is 9.80 Å². The Morgan fingerprint density at radius 3 is 0.901 bits per heavy atom. The zero-order chi connectivity index (χ0) is 53.9. The molecule has 0 atom stereocenters. The lowest BCUT2D eigenvalue weighted by Gasteiger charge is -2.25. The Balaban J connectivity index is 0.826. The Morgan fingerprint density at radius 2 is 0.506 bits per heavy atom. The lowest BCUT2D eigenvalue weighted by molar-refractivity contribution is 1.18. The van der Waals surface area contributed by atoms with Crippen LogP contribution in [0, 0.1) is 0 Å². The predicted molar refractivity (Wildman–Crippen MR) is 338 cm³/mol. The van der Waals surface area contributed by atoms with Crippen LogP contribution >= 0.6 is 0 Å². The van der Waals surface area contributed by atoms with E-state index in [1.807, 2.05) is 36.4 Å². The number of aromatic nitrogens is 3. The summed E-state index contributed by atoms with van der Waals surface area (Å²) in [7, 11) is 0. The van der Waals surface area contributed by atoms with Gasteiger partial charge in [0.2, 0.25) is 0 Å². The predicted octanol–water partition coefficient (Wildman–Crippen LogP) is 20.5. The fraction of sp³-hybridized carbons (Fsp3) is 0. The summed E-state index contributed by atoms with van der Waals surface area (Å²) in [5, 5.41) is 2.38. The smallest absolute Gasteiger partial charge is 0.160 e. The van der Waals surface area contributed by atoms with E-state index < -0.39 is 0 Å². The van der Waals surface area contributed by atoms with E-state index in [1.54, 1.807) is 0 Å². The third kappa shape index (κ3) is 9.71. The van der Waals surface area contributed by atoms with Gasteiger partial charge in [0.15, 0.2) is 5.82 Å². The molecule has 0 amide bonds. The van der Waals surface area contributed by atoms with Crippen LogP contribution in [0.25, 0.3) is 94.8 Å². The highest BCUT2D eigenvalue weighted by Gasteiger charge is 2.19. The van der Waals surface area contributed by atoms with Crippen LogP contribution in [0.3, 0.4) is 0 Å². The van der Waals surface area contributed by atoms with Gasteiger partial charge in [-0.25, -0.2) is 9.97 Å². The summed E-state index contributed by atoms with van der Waals surface area (Å²) < 4.78 is 2.41. The lowest BCUT2D eigenvalue weighted by Crippen LogP contribution is -2.09. The van der Waals surface area contributed by atoms with Gasteiger partial charge in [-0.15, -0.1) is 0 Å². The van der Waals surface area contributed by atoms with E-state index >= 15 is 0 Å². The first kappa shape index (κ1) is 48.5. The summed E-state index contributed by atoms with van der Waals surface area (Å²) in [5.41, 5.74) is 21.8. The second-order valence-corrected chi connectivity index (χ2v) is 20.2. The van der Waals surface area contributed by atoms with Crippen LogP contribution in [0.1, 0.15) is 0 Å². The highest BCUT2D eigenvalue weighted by molar-refractivity contribution is 6.12. The number of rotatable bonds is 13. The first-order valence-electron chi connectivity index (χ1n) is 27.5. The topological polar surface area (TPSA) is 37.2 Å². The van der Waals surface area contributed by atoms with Gasteiger partial charge in [0.25, 0.3) is 0 Å². The fourth-order valence-corrected chi connectivity index (χ4v) is 11.2. The van der Waals surface area contributed by atoms with Gasteiger partial charge in [-0.3, -0.25) is 0 Å². The van der Waals surface area contributed by atoms with Gasteiger partial charge < -0.3 is 14.4 Å². The van der Waals surface area contributed by atoms with E-state index in [1.165, 1.54) is 10.8 Å². The van der Waals surface area contributed by atoms with Gasteiger partial charge in [-0.2, -0.15) is 0 Å². The highest BCUT2D eigenvalue weighted by Crippen LogP contribution is 2.41. The highest BCUT2D eigenvalue weighted by atomic mass is 15.1. The van der Waals surface area contributed by atoms with Crippen molar-refractivity contribution >= 4 is 55.9 Å². The van der Waals surface area contributed by atoms with Crippen molar-refractivity contribution in [1.82, 2.24) is 14.5 Å². The third-order valence-electron chi connectivity index (χ3n) is 15.2. The molecule has 0 saturated carbocycles. The number of hydrogen-bond acceptors (Lipinski definition) is 4. The molecule has 0 aliphatic heterocycles. The van der Waals surface area contributed by atoms with Crippen LogP contribution in [0.15, 0.2) is 322 Å². The van der Waals surface area contributed by atoms with Gasteiger partial charge in [0, 0.05) is 67.3 Å². The molecule has 0 aliphatic carbocycles. The molecule has 14 rings (SSSR count). The summed E-state index contributed by atoms with van der Waals surface area (Å²) >= 11 is 0. The van der Waals surface area contributed by atoms with Crippen molar-refractivity contribution in [1.29, 1.82) is 0 Å². The molecule has 2 heterocycles. The maximum atomic E-state index is 5.08. The van der Waals surface area contributed by atoms with Crippen molar-refractivity contribution in [3.63, 3.8) is 0 Å². The van der Waals surface area contributed by atoms with Gasteiger partial charge in [-0.05, 0) is 149 Å². The van der Waals surface area contributed by atoms with Crippen molar-refractivity contribution in [3.8, 4) is 73.0 Å². The molecule has 0 bridgehead atoms. The fourth-order valence-electron chi connectivity index (χ4n) is 11.2. The van der Waals surface area contributed by atoms with Crippen molar-refractivity contribution in [3.05, 3.63) is 322 Å². The molecule has 0 spiro atoms. The Hall–Kier alpha value is -10.9. The number of nitrogens with zero attached hydrogens (tertiary/aromatic N) is 5. The number of anilines is 6. The second-order valence-electron chi connectivity index (χ2n) is 20.2. The van der Waals surface area contributed by atoms with Gasteiger partial charge in [0.05, 0.1) is 22.4 Å². The zero-order valence-corrected chi connectivity index (χ0v) is 44.3. The van der Waals surface area contributed by atoms with Crippen LogP contribution in [-0.2, 0) is 0 Å². The first-order chi connectivity index (χ1) is 40.1. The largest absolute Gasteiger partial charge is 0.311 e. The van der Waals surface area contributed by atoms with Crippen molar-refractivity contribution in [2.24, 2.45) is 0 Å². The van der Waals surface area contributed by atoms with Crippen molar-refractivity contribution in [2.45, 2.75) is 0 Å². The Kier molecular flexibility index (Phi) is 12.9. The standard InChI is InChI=1S/C76H53N5/c1-7-19-58(20-8-1)72-53-73(78-76(77-72)60-21-9-2-10-22-60)59-33-31-54(32-34-59)55-35-47-69(48-36-55)81-74-49-41-61(56-37-43-67(44-38-56)79(63-23-11-3-12-24-63)64-25-13-4-14-26-64)51-70(74)71-52-62(42-50-75(71)81)57-39-45-68(46-40-57)80(65-27-15-5-16-28-65)66-29-17-6-18-30-66/h1-53H. The lowest BCUT2D eigenvalue weighted by atomic mass is 9.99. The number of benzene rings is 12. The van der Waals surface area contributed by atoms with Gasteiger partial charge in [-0.1, -0.05) is 206 Å². The third-order valence-corrected chi connectivity index (χ3v) is 15.2. The monoisotopic (exact) mass is 1040 g/mol. The molecule has 0 N–H and O–H groups in total. The van der Waals surface area contributed by atoms with Gasteiger partial charge in [0.1, 0.15) is 0 Å². The molecule has 0 radical (unpaired) electrons. The molecule has 81 heavy (non-hydrogen) atoms. The molecule has 14 aromatic rings. The summed E-state index contributed by atoms with van der Waals surface area (Å²) in [5.74, 6) is 0.705. The molecule has 12 aromatic carbocycles. The van der Waals surface area contributed by atoms with Crippen LogP contribution in [0.2, 0.25) is 0 Å². The van der Waals surface area contributed by atoms with E-state index in [-0.39, 0.29) is 0 Å². The average Bonchev–Trinajstić information content (AvgIpc) is 4.05. The molecule has 5 nitrogen and oxygen atoms in total. The molecular formula is C76H53N5. The normalized spacial score (nSPS) is 11.2. The average molecular weight is 1040 g/mol. The van der Waals surface area contributed by atoms with Crippen LogP contribution in [-0.4, -0.2) is 14.5 Å². The summed E-state index contributed by atoms with van der Waals surface area (Å²) in [6.07, 6.45) is 0. The van der Waals surface area contributed by atoms with Gasteiger partial charge >= 0.3 is 0 Å². The molecule has 0 unspecified atom stereocenters. The van der Waals surface area contributed by atoms with E-state index in [0.29, 0.717) is 5.82 Å². The Bertz CT molecular complexity index is 4120. The van der Waals surface area contributed by atoms with E-state index in [4.69, 9.17) is 9.97 Å². The van der Waals surface area contributed by atoms with Crippen LogP contribution < -0.4 is 9.80 Å². The minimum Gasteiger partial charge on any atom is -0.311 e. The molecule has 2 aromatic heterocycles. The van der Waals surface area contributed by atoms with Crippen LogP contribution in [0.5, 0.6) is 0 Å². The SMILES string of the molecule is c1ccc(-c2cc(-c3ccc(-c4ccc(-n5c6ccc(-c7ccc(N(c8ccccc8)c8ccccc8)cc7)cc6c6cc(-c7ccc(N(c8ccccc8)c8ccccc8)cc7)ccc65)cc4)cc3)nc(-c3ccccc3)n2)cc1. The maximum Gasteiger partial charge on any atom is 0.160 e. The molecule has 0 fully saturated rings. The summed E-state index contributed by atoms with van der Waals surface area (Å²) in [6, 6.07) is 114. The molecule has 382 valence electrons. The quantitative estimate of drug-likeness (QED) is 0.115. The summed E-state index contributed by atoms with van der Waals surface area (Å²) in [6.45, 7) is 0. The molecule has 0 aliphatic rings. The number of hydrogen-bond donors (Lipinski definition) is 0. The van der Waals surface area contributed by atoms with E-state index in [0.717, 1.165) is 112 Å². The number of para-hydroxylation sites is 4. The van der Waals surface area contributed by atoms with E-state index in [9.17, 15) is 0 Å². The molecular weight excluding hydrogens is 983 g/mol.